The second-order valence-corrected chi connectivity index (χ2v) is 8.65. The zero-order chi connectivity index (χ0) is 18.6. The lowest BCUT2D eigenvalue weighted by molar-refractivity contribution is -0.114. The molecule has 0 unspecified atom stereocenters. The Morgan fingerprint density at radius 1 is 1.04 bits per heavy atom. The molecule has 0 saturated carbocycles. The first kappa shape index (κ1) is 19.1. The summed E-state index contributed by atoms with van der Waals surface area (Å²) in [5.74, 6) is -0.796. The van der Waals surface area contributed by atoms with Crippen molar-refractivity contribution in [1.82, 2.24) is 0 Å². The van der Waals surface area contributed by atoms with Gasteiger partial charge in [0.15, 0.2) is 9.84 Å². The fraction of sp³-hybridized carbons (Fsp3) is 0.176. The predicted molar refractivity (Wildman–Crippen MR) is 101 cm³/mol. The molecule has 0 bridgehead atoms. The molecule has 2 amide bonds. The first-order valence-corrected chi connectivity index (χ1v) is 10.1. The summed E-state index contributed by atoms with van der Waals surface area (Å²) in [6.07, 6.45) is 1.14. The molecule has 0 heterocycles. The smallest absolute Gasteiger partial charge is 0.255 e. The molecule has 2 N–H and O–H groups in total. The molecular formula is C17H17BrN2O4S. The fourth-order valence-electron chi connectivity index (χ4n) is 2.22. The van der Waals surface area contributed by atoms with E-state index in [2.05, 4.69) is 26.6 Å². The van der Waals surface area contributed by atoms with Crippen LogP contribution >= 0.6 is 15.9 Å². The van der Waals surface area contributed by atoms with Gasteiger partial charge in [-0.25, -0.2) is 8.42 Å². The third-order valence-electron chi connectivity index (χ3n) is 3.16. The number of benzene rings is 2. The van der Waals surface area contributed by atoms with Crippen LogP contribution in [0.1, 0.15) is 22.8 Å². The highest BCUT2D eigenvalue weighted by Gasteiger charge is 2.12. The van der Waals surface area contributed by atoms with Gasteiger partial charge in [0.2, 0.25) is 5.91 Å². The number of carbonyl (C=O) groups excluding carboxylic acids is 2. The predicted octanol–water partition coefficient (Wildman–Crippen LogP) is 3.20. The molecule has 0 aliphatic rings. The number of hydrogen-bond donors (Lipinski definition) is 2. The maximum atomic E-state index is 12.5. The molecule has 2 aromatic carbocycles. The summed E-state index contributed by atoms with van der Waals surface area (Å²) in [5, 5.41) is 5.38. The Morgan fingerprint density at radius 2 is 1.76 bits per heavy atom. The summed E-state index contributed by atoms with van der Waals surface area (Å²) < 4.78 is 23.6. The highest BCUT2D eigenvalue weighted by Crippen LogP contribution is 2.26. The van der Waals surface area contributed by atoms with E-state index in [-0.39, 0.29) is 11.7 Å². The van der Waals surface area contributed by atoms with Gasteiger partial charge in [-0.1, -0.05) is 28.1 Å². The van der Waals surface area contributed by atoms with Crippen LogP contribution in [0, 0.1) is 0 Å². The zero-order valence-electron chi connectivity index (χ0n) is 13.7. The van der Waals surface area contributed by atoms with E-state index in [1.54, 1.807) is 36.4 Å². The molecule has 0 aromatic heterocycles. The van der Waals surface area contributed by atoms with Crippen molar-refractivity contribution in [2.24, 2.45) is 0 Å². The minimum Gasteiger partial charge on any atom is -0.325 e. The van der Waals surface area contributed by atoms with Crippen LogP contribution in [-0.4, -0.2) is 26.5 Å². The van der Waals surface area contributed by atoms with Crippen molar-refractivity contribution >= 4 is 49.0 Å². The van der Waals surface area contributed by atoms with Gasteiger partial charge in [-0.05, 0) is 35.9 Å². The van der Waals surface area contributed by atoms with E-state index in [4.69, 9.17) is 0 Å². The first-order valence-electron chi connectivity index (χ1n) is 7.29. The number of hydrogen-bond acceptors (Lipinski definition) is 4. The van der Waals surface area contributed by atoms with Crippen LogP contribution in [0.2, 0.25) is 0 Å². The Balaban J connectivity index is 2.27. The fourth-order valence-corrected chi connectivity index (χ4v) is 3.36. The van der Waals surface area contributed by atoms with Crippen LogP contribution in [0.4, 0.5) is 11.4 Å². The Kier molecular flexibility index (Phi) is 5.97. The number of sulfone groups is 1. The molecule has 0 radical (unpaired) electrons. The molecular weight excluding hydrogens is 408 g/mol. The summed E-state index contributed by atoms with van der Waals surface area (Å²) in [5.41, 5.74) is 1.76. The molecule has 6 nitrogen and oxygen atoms in total. The van der Waals surface area contributed by atoms with Crippen LogP contribution in [0.3, 0.4) is 0 Å². The van der Waals surface area contributed by atoms with E-state index >= 15 is 0 Å². The molecule has 25 heavy (non-hydrogen) atoms. The molecule has 132 valence electrons. The van der Waals surface area contributed by atoms with E-state index in [1.807, 2.05) is 0 Å². The van der Waals surface area contributed by atoms with Gasteiger partial charge in [-0.2, -0.15) is 0 Å². The van der Waals surface area contributed by atoms with Crippen LogP contribution in [0.25, 0.3) is 0 Å². The second-order valence-electron chi connectivity index (χ2n) is 5.60. The van der Waals surface area contributed by atoms with Gasteiger partial charge in [0.25, 0.3) is 5.91 Å². The molecule has 0 saturated heterocycles. The summed E-state index contributed by atoms with van der Waals surface area (Å²) >= 11 is 3.32. The average Bonchev–Trinajstić information content (AvgIpc) is 2.48. The van der Waals surface area contributed by atoms with Crippen LogP contribution < -0.4 is 10.6 Å². The minimum absolute atomic E-state index is 0.137. The maximum Gasteiger partial charge on any atom is 0.255 e. The van der Waals surface area contributed by atoms with Crippen molar-refractivity contribution in [3.05, 3.63) is 58.1 Å². The van der Waals surface area contributed by atoms with Gasteiger partial charge in [0.1, 0.15) is 0 Å². The van der Waals surface area contributed by atoms with Crippen LogP contribution in [-0.2, 0) is 20.4 Å². The SMILES string of the molecule is CC(=O)Nc1ccc(Br)cc1NC(=O)c1cccc(CS(C)(=O)=O)c1. The first-order chi connectivity index (χ1) is 11.6. The van der Waals surface area contributed by atoms with E-state index in [0.717, 1.165) is 10.7 Å². The van der Waals surface area contributed by atoms with Gasteiger partial charge in [-0.15, -0.1) is 0 Å². The van der Waals surface area contributed by atoms with E-state index < -0.39 is 15.7 Å². The third kappa shape index (κ3) is 5.99. The number of carbonyl (C=O) groups is 2. The molecule has 0 aliphatic carbocycles. The maximum absolute atomic E-state index is 12.5. The van der Waals surface area contributed by atoms with Crippen molar-refractivity contribution < 1.29 is 18.0 Å². The highest BCUT2D eigenvalue weighted by molar-refractivity contribution is 9.10. The standard InChI is InChI=1S/C17H17BrN2O4S/c1-11(21)19-15-7-6-14(18)9-16(15)20-17(22)13-5-3-4-12(8-13)10-25(2,23)24/h3-9H,10H2,1-2H3,(H,19,21)(H,20,22). The van der Waals surface area contributed by atoms with Crippen molar-refractivity contribution in [2.45, 2.75) is 12.7 Å². The summed E-state index contributed by atoms with van der Waals surface area (Å²) in [7, 11) is -3.19. The summed E-state index contributed by atoms with van der Waals surface area (Å²) in [6.45, 7) is 1.38. The molecule has 0 aliphatic heterocycles. The molecule has 8 heteroatoms. The normalized spacial score (nSPS) is 11.0. The van der Waals surface area contributed by atoms with E-state index in [0.29, 0.717) is 22.5 Å². The minimum atomic E-state index is -3.19. The van der Waals surface area contributed by atoms with Crippen molar-refractivity contribution in [1.29, 1.82) is 0 Å². The number of halogens is 1. The number of rotatable bonds is 5. The quantitative estimate of drug-likeness (QED) is 0.770. The number of amides is 2. The molecule has 0 atom stereocenters. The van der Waals surface area contributed by atoms with Gasteiger partial charge >= 0.3 is 0 Å². The largest absolute Gasteiger partial charge is 0.325 e. The van der Waals surface area contributed by atoms with Gasteiger partial charge in [0.05, 0.1) is 17.1 Å². The van der Waals surface area contributed by atoms with E-state index in [1.165, 1.54) is 13.0 Å². The summed E-state index contributed by atoms with van der Waals surface area (Å²) in [6, 6.07) is 11.5. The molecule has 0 spiro atoms. The second kappa shape index (κ2) is 7.79. The topological polar surface area (TPSA) is 92.3 Å². The van der Waals surface area contributed by atoms with Gasteiger partial charge in [-0.3, -0.25) is 9.59 Å². The molecule has 2 aromatic rings. The zero-order valence-corrected chi connectivity index (χ0v) is 16.1. The molecule has 0 fully saturated rings. The Hall–Kier alpha value is -2.19. The lowest BCUT2D eigenvalue weighted by Crippen LogP contribution is -2.15. The van der Waals surface area contributed by atoms with Crippen molar-refractivity contribution in [3.63, 3.8) is 0 Å². The monoisotopic (exact) mass is 424 g/mol. The van der Waals surface area contributed by atoms with Crippen LogP contribution in [0.15, 0.2) is 46.9 Å². The van der Waals surface area contributed by atoms with Gasteiger partial charge < -0.3 is 10.6 Å². The van der Waals surface area contributed by atoms with Crippen LogP contribution in [0.5, 0.6) is 0 Å². The van der Waals surface area contributed by atoms with Crippen molar-refractivity contribution in [3.8, 4) is 0 Å². The highest BCUT2D eigenvalue weighted by atomic mass is 79.9. The Labute approximate surface area is 154 Å². The Bertz CT molecular complexity index is 926. The summed E-state index contributed by atoms with van der Waals surface area (Å²) in [4.78, 5) is 23.8. The third-order valence-corrected chi connectivity index (χ3v) is 4.51. The van der Waals surface area contributed by atoms with Gasteiger partial charge in [0, 0.05) is 23.2 Å². The van der Waals surface area contributed by atoms with E-state index in [9.17, 15) is 18.0 Å². The average molecular weight is 425 g/mol. The number of nitrogens with one attached hydrogen (secondary N) is 2. The lowest BCUT2D eigenvalue weighted by Gasteiger charge is -2.12. The Morgan fingerprint density at radius 3 is 2.40 bits per heavy atom. The number of anilines is 2. The molecule has 2 rings (SSSR count). The lowest BCUT2D eigenvalue weighted by atomic mass is 10.1. The van der Waals surface area contributed by atoms with Crippen molar-refractivity contribution in [2.75, 3.05) is 16.9 Å².